The third-order valence-corrected chi connectivity index (χ3v) is 6.92. The number of aromatic nitrogens is 1. The molecule has 4 rings (SSSR count). The van der Waals surface area contributed by atoms with Crippen molar-refractivity contribution in [3.63, 3.8) is 0 Å². The zero-order chi connectivity index (χ0) is 20.6. The van der Waals surface area contributed by atoms with Crippen LogP contribution in [0, 0.1) is 0 Å². The number of benzene rings is 1. The number of carbonyl (C=O) groups excluding carboxylic acids is 1. The summed E-state index contributed by atoms with van der Waals surface area (Å²) in [5.41, 5.74) is 2.88. The normalized spacial score (nSPS) is 18.1. The van der Waals surface area contributed by atoms with Crippen molar-refractivity contribution in [2.75, 3.05) is 55.7 Å². The quantitative estimate of drug-likeness (QED) is 0.762. The van der Waals surface area contributed by atoms with Crippen LogP contribution in [-0.2, 0) is 0 Å². The number of hydrogen-bond donors (Lipinski definition) is 1. The first-order valence-corrected chi connectivity index (χ1v) is 12.3. The highest BCUT2D eigenvalue weighted by Crippen LogP contribution is 2.23. The molecule has 0 aliphatic carbocycles. The number of amides is 1. The molecule has 0 atom stereocenters. The molecule has 6 heteroatoms. The van der Waals surface area contributed by atoms with Gasteiger partial charge in [-0.2, -0.15) is 11.8 Å². The van der Waals surface area contributed by atoms with E-state index in [1.54, 1.807) is 0 Å². The maximum atomic E-state index is 12.5. The van der Waals surface area contributed by atoms with E-state index in [9.17, 15) is 4.79 Å². The summed E-state index contributed by atoms with van der Waals surface area (Å²) in [6.07, 6.45) is 7.17. The highest BCUT2D eigenvalue weighted by Gasteiger charge is 2.13. The van der Waals surface area contributed by atoms with Crippen LogP contribution in [0.3, 0.4) is 0 Å². The fraction of sp³-hybridized carbons (Fsp3) is 0.500. The molecule has 30 heavy (non-hydrogen) atoms. The van der Waals surface area contributed by atoms with E-state index in [1.807, 2.05) is 42.2 Å². The van der Waals surface area contributed by atoms with E-state index in [4.69, 9.17) is 0 Å². The first kappa shape index (κ1) is 21.2. The molecule has 0 unspecified atom stereocenters. The summed E-state index contributed by atoms with van der Waals surface area (Å²) in [5.74, 6) is 3.41. The molecule has 2 aromatic rings. The number of carbonyl (C=O) groups is 1. The van der Waals surface area contributed by atoms with Gasteiger partial charge in [-0.05, 0) is 55.8 Å². The van der Waals surface area contributed by atoms with Gasteiger partial charge in [0.25, 0.3) is 5.91 Å². The van der Waals surface area contributed by atoms with Crippen LogP contribution in [0.25, 0.3) is 11.1 Å². The second-order valence-corrected chi connectivity index (χ2v) is 9.32. The minimum atomic E-state index is 0.00723. The van der Waals surface area contributed by atoms with E-state index in [0.717, 1.165) is 49.7 Å². The smallest absolute Gasteiger partial charge is 0.251 e. The Morgan fingerprint density at radius 3 is 2.27 bits per heavy atom. The average molecular weight is 425 g/mol. The van der Waals surface area contributed by atoms with E-state index in [-0.39, 0.29) is 5.91 Å². The molecule has 2 saturated heterocycles. The van der Waals surface area contributed by atoms with E-state index >= 15 is 0 Å². The third-order valence-electron chi connectivity index (χ3n) is 5.98. The Balaban J connectivity index is 1.29. The Morgan fingerprint density at radius 1 is 0.900 bits per heavy atom. The molecule has 1 aromatic carbocycles. The number of likely N-dealkylation sites (tertiary alicyclic amines) is 1. The standard InChI is InChI=1S/C24H32N4OS/c29-24(25-11-14-27-12-3-1-2-4-13-27)21-7-5-20(6-8-21)22-9-10-23(26-19-22)28-15-17-30-18-16-28/h5-10,19H,1-4,11-18H2,(H,25,29). The molecule has 2 aliphatic heterocycles. The van der Waals surface area contributed by atoms with E-state index < -0.39 is 0 Å². The fourth-order valence-electron chi connectivity index (χ4n) is 4.14. The van der Waals surface area contributed by atoms with Crippen molar-refractivity contribution in [2.24, 2.45) is 0 Å². The molecular formula is C24H32N4OS. The fourth-order valence-corrected chi connectivity index (χ4v) is 5.04. The Bertz CT molecular complexity index is 795. The Kier molecular flexibility index (Phi) is 7.65. The van der Waals surface area contributed by atoms with E-state index in [0.29, 0.717) is 12.1 Å². The molecule has 2 aliphatic rings. The molecule has 0 saturated carbocycles. The molecule has 0 spiro atoms. The van der Waals surface area contributed by atoms with Gasteiger partial charge in [-0.1, -0.05) is 25.0 Å². The van der Waals surface area contributed by atoms with E-state index in [2.05, 4.69) is 32.2 Å². The van der Waals surface area contributed by atoms with Gasteiger partial charge in [0.15, 0.2) is 0 Å². The predicted octanol–water partition coefficient (Wildman–Crippen LogP) is 3.91. The summed E-state index contributed by atoms with van der Waals surface area (Å²) in [4.78, 5) is 21.9. The third kappa shape index (κ3) is 5.76. The van der Waals surface area contributed by atoms with Crippen LogP contribution in [0.1, 0.15) is 36.0 Å². The lowest BCUT2D eigenvalue weighted by Crippen LogP contribution is -2.35. The number of pyridine rings is 1. The summed E-state index contributed by atoms with van der Waals surface area (Å²) in [5, 5.41) is 3.07. The molecule has 2 fully saturated rings. The summed E-state index contributed by atoms with van der Waals surface area (Å²) in [7, 11) is 0. The lowest BCUT2D eigenvalue weighted by molar-refractivity contribution is 0.0948. The molecule has 5 nitrogen and oxygen atoms in total. The Hall–Kier alpha value is -2.05. The van der Waals surface area contributed by atoms with Crippen LogP contribution in [-0.4, -0.2) is 66.6 Å². The van der Waals surface area contributed by atoms with Crippen molar-refractivity contribution < 1.29 is 4.79 Å². The molecule has 3 heterocycles. The SMILES string of the molecule is O=C(NCCN1CCCCCC1)c1ccc(-c2ccc(N3CCSCC3)nc2)cc1. The van der Waals surface area contributed by atoms with Crippen LogP contribution in [0.15, 0.2) is 42.6 Å². The van der Waals surface area contributed by atoms with Crippen molar-refractivity contribution in [3.05, 3.63) is 48.2 Å². The molecule has 1 aromatic heterocycles. The van der Waals surface area contributed by atoms with Crippen molar-refractivity contribution in [3.8, 4) is 11.1 Å². The second-order valence-electron chi connectivity index (χ2n) is 8.09. The van der Waals surface area contributed by atoms with Gasteiger partial charge in [0.1, 0.15) is 5.82 Å². The number of rotatable bonds is 6. The van der Waals surface area contributed by atoms with Gasteiger partial charge in [0, 0.05) is 55.0 Å². The molecule has 1 amide bonds. The zero-order valence-corrected chi connectivity index (χ0v) is 18.5. The van der Waals surface area contributed by atoms with Gasteiger partial charge in [-0.3, -0.25) is 4.79 Å². The Morgan fingerprint density at radius 2 is 1.60 bits per heavy atom. The summed E-state index contributed by atoms with van der Waals surface area (Å²) >= 11 is 2.01. The molecule has 0 bridgehead atoms. The van der Waals surface area contributed by atoms with Gasteiger partial charge in [0.2, 0.25) is 0 Å². The topological polar surface area (TPSA) is 48.5 Å². The van der Waals surface area contributed by atoms with E-state index in [1.165, 1.54) is 37.2 Å². The monoisotopic (exact) mass is 424 g/mol. The zero-order valence-electron chi connectivity index (χ0n) is 17.7. The summed E-state index contributed by atoms with van der Waals surface area (Å²) < 4.78 is 0. The number of anilines is 1. The first-order valence-electron chi connectivity index (χ1n) is 11.2. The highest BCUT2D eigenvalue weighted by atomic mass is 32.2. The summed E-state index contributed by atoms with van der Waals surface area (Å²) in [6, 6.07) is 12.1. The van der Waals surface area contributed by atoms with Crippen molar-refractivity contribution in [1.82, 2.24) is 15.2 Å². The molecule has 160 valence electrons. The van der Waals surface area contributed by atoms with Crippen LogP contribution in [0.5, 0.6) is 0 Å². The number of nitrogens with one attached hydrogen (secondary N) is 1. The van der Waals surface area contributed by atoms with Gasteiger partial charge < -0.3 is 15.1 Å². The van der Waals surface area contributed by atoms with Gasteiger partial charge in [0.05, 0.1) is 0 Å². The Labute approximate surface area is 184 Å². The van der Waals surface area contributed by atoms with Crippen LogP contribution >= 0.6 is 11.8 Å². The van der Waals surface area contributed by atoms with Crippen molar-refractivity contribution >= 4 is 23.5 Å². The van der Waals surface area contributed by atoms with Crippen molar-refractivity contribution in [2.45, 2.75) is 25.7 Å². The number of hydrogen-bond acceptors (Lipinski definition) is 5. The van der Waals surface area contributed by atoms with Gasteiger partial charge >= 0.3 is 0 Å². The van der Waals surface area contributed by atoms with Gasteiger partial charge in [-0.25, -0.2) is 4.98 Å². The van der Waals surface area contributed by atoms with Crippen molar-refractivity contribution in [1.29, 1.82) is 0 Å². The van der Waals surface area contributed by atoms with Crippen LogP contribution < -0.4 is 10.2 Å². The summed E-state index contributed by atoms with van der Waals surface area (Å²) in [6.45, 7) is 6.11. The minimum Gasteiger partial charge on any atom is -0.355 e. The number of nitrogens with zero attached hydrogens (tertiary/aromatic N) is 3. The molecule has 1 N–H and O–H groups in total. The van der Waals surface area contributed by atoms with Gasteiger partial charge in [-0.15, -0.1) is 0 Å². The average Bonchev–Trinajstić information content (AvgIpc) is 3.09. The minimum absolute atomic E-state index is 0.00723. The lowest BCUT2D eigenvalue weighted by Gasteiger charge is -2.27. The lowest BCUT2D eigenvalue weighted by atomic mass is 10.1. The maximum absolute atomic E-state index is 12.5. The van der Waals surface area contributed by atoms with Crippen LogP contribution in [0.2, 0.25) is 0 Å². The highest BCUT2D eigenvalue weighted by molar-refractivity contribution is 7.99. The largest absolute Gasteiger partial charge is 0.355 e. The molecular weight excluding hydrogens is 392 g/mol. The first-order chi connectivity index (χ1) is 14.8. The van der Waals surface area contributed by atoms with Crippen LogP contribution in [0.4, 0.5) is 5.82 Å². The predicted molar refractivity (Wildman–Crippen MR) is 126 cm³/mol. The second kappa shape index (κ2) is 10.8. The molecule has 0 radical (unpaired) electrons. The number of thioether (sulfide) groups is 1. The maximum Gasteiger partial charge on any atom is 0.251 e.